The zero-order chi connectivity index (χ0) is 9.40. The van der Waals surface area contributed by atoms with Crippen molar-refractivity contribution in [3.8, 4) is 0 Å². The van der Waals surface area contributed by atoms with Gasteiger partial charge in [-0.15, -0.1) is 11.3 Å². The van der Waals surface area contributed by atoms with E-state index in [-0.39, 0.29) is 6.47 Å². The van der Waals surface area contributed by atoms with E-state index in [0.717, 1.165) is 0 Å². The van der Waals surface area contributed by atoms with Crippen LogP contribution in [-0.2, 0) is 4.79 Å². The predicted molar refractivity (Wildman–Crippen MR) is 44.6 cm³/mol. The minimum absolute atomic E-state index is 0.250. The van der Waals surface area contributed by atoms with Gasteiger partial charge in [-0.1, -0.05) is 5.16 Å². The van der Waals surface area contributed by atoms with Crippen molar-refractivity contribution >= 4 is 29.2 Å². The molecular weight excluding hydrogens is 182 g/mol. The summed E-state index contributed by atoms with van der Waals surface area (Å²) in [5.74, 6) is 0. The first kappa shape index (κ1) is 10.4. The number of thiazole rings is 1. The van der Waals surface area contributed by atoms with Gasteiger partial charge >= 0.3 is 0 Å². The van der Waals surface area contributed by atoms with E-state index >= 15 is 0 Å². The third kappa shape index (κ3) is 4.23. The van der Waals surface area contributed by atoms with E-state index in [1.165, 1.54) is 17.6 Å². The molecule has 1 heterocycles. The highest BCUT2D eigenvalue weighted by Crippen LogP contribution is 2.08. The average molecular weight is 189 g/mol. The topological polar surface area (TPSA) is 109 Å². The minimum Gasteiger partial charge on any atom is -0.483 e. The molecule has 0 saturated heterocycles. The normalized spacial score (nSPS) is 9.00. The largest absolute Gasteiger partial charge is 0.483 e. The Hall–Kier alpha value is -1.63. The molecule has 0 saturated carbocycles. The number of nitrogens with zero attached hydrogens (tertiary/aromatic N) is 2. The number of nitrogens with two attached hydrogens (primary N) is 1. The van der Waals surface area contributed by atoms with Crippen molar-refractivity contribution in [1.82, 2.24) is 4.98 Å². The van der Waals surface area contributed by atoms with Crippen LogP contribution >= 0.6 is 11.3 Å². The molecule has 0 aromatic carbocycles. The van der Waals surface area contributed by atoms with Gasteiger partial charge in [0.1, 0.15) is 0 Å². The molecule has 7 heteroatoms. The standard InChI is InChI=1S/C4H5N3OS.CH2O2/c5-4-7-3(1-6-8)2-9-4;2-1-3/h1-2,8H,(H2,5,7);1H,(H,2,3)/b6-1+;. The average Bonchev–Trinajstić information content (AvgIpc) is 2.38. The molecule has 6 nitrogen and oxygen atoms in total. The van der Waals surface area contributed by atoms with E-state index in [0.29, 0.717) is 10.8 Å². The molecule has 4 N–H and O–H groups in total. The van der Waals surface area contributed by atoms with Gasteiger partial charge in [-0.2, -0.15) is 0 Å². The summed E-state index contributed by atoms with van der Waals surface area (Å²) in [5.41, 5.74) is 5.86. The Kier molecular flexibility index (Phi) is 5.28. The Morgan fingerprint density at radius 1 is 1.75 bits per heavy atom. The highest BCUT2D eigenvalue weighted by molar-refractivity contribution is 7.13. The van der Waals surface area contributed by atoms with Crippen molar-refractivity contribution in [3.05, 3.63) is 11.1 Å². The van der Waals surface area contributed by atoms with Gasteiger partial charge in [0.25, 0.3) is 6.47 Å². The van der Waals surface area contributed by atoms with E-state index in [2.05, 4.69) is 10.1 Å². The summed E-state index contributed by atoms with van der Waals surface area (Å²) in [4.78, 5) is 12.1. The molecule has 0 atom stereocenters. The Bertz CT molecular complexity index is 260. The van der Waals surface area contributed by atoms with Crippen LogP contribution in [0.3, 0.4) is 0 Å². The van der Waals surface area contributed by atoms with Gasteiger partial charge in [0.2, 0.25) is 0 Å². The fourth-order valence-electron chi connectivity index (χ4n) is 0.419. The van der Waals surface area contributed by atoms with E-state index in [9.17, 15) is 0 Å². The first-order chi connectivity index (χ1) is 5.74. The summed E-state index contributed by atoms with van der Waals surface area (Å²) >= 11 is 1.31. The third-order valence-electron chi connectivity index (χ3n) is 0.730. The van der Waals surface area contributed by atoms with Gasteiger partial charge in [0.05, 0.1) is 11.9 Å². The summed E-state index contributed by atoms with van der Waals surface area (Å²) in [6.07, 6.45) is 1.23. The second-order valence-corrected chi connectivity index (χ2v) is 2.35. The number of hydrogen-bond donors (Lipinski definition) is 3. The lowest BCUT2D eigenvalue weighted by Crippen LogP contribution is -1.84. The number of anilines is 1. The lowest BCUT2D eigenvalue weighted by atomic mass is 10.6. The fourth-order valence-corrected chi connectivity index (χ4v) is 0.932. The lowest BCUT2D eigenvalue weighted by Gasteiger charge is -1.75. The monoisotopic (exact) mass is 189 g/mol. The van der Waals surface area contributed by atoms with Crippen LogP contribution in [0.25, 0.3) is 0 Å². The smallest absolute Gasteiger partial charge is 0.290 e. The highest BCUT2D eigenvalue weighted by atomic mass is 32.1. The van der Waals surface area contributed by atoms with E-state index < -0.39 is 0 Å². The zero-order valence-electron chi connectivity index (χ0n) is 5.91. The van der Waals surface area contributed by atoms with Crippen molar-refractivity contribution in [2.24, 2.45) is 5.16 Å². The van der Waals surface area contributed by atoms with Crippen LogP contribution in [0.2, 0.25) is 0 Å². The van der Waals surface area contributed by atoms with Gasteiger partial charge in [0.15, 0.2) is 5.13 Å². The lowest BCUT2D eigenvalue weighted by molar-refractivity contribution is -0.122. The molecule has 0 fully saturated rings. The number of carboxylic acid groups (broad SMARTS) is 1. The van der Waals surface area contributed by atoms with Crippen LogP contribution < -0.4 is 5.73 Å². The Morgan fingerprint density at radius 2 is 2.33 bits per heavy atom. The third-order valence-corrected chi connectivity index (χ3v) is 1.42. The van der Waals surface area contributed by atoms with Crippen molar-refractivity contribution in [2.75, 3.05) is 5.73 Å². The van der Waals surface area contributed by atoms with E-state index in [4.69, 9.17) is 20.8 Å². The first-order valence-electron chi connectivity index (χ1n) is 2.71. The second kappa shape index (κ2) is 6.10. The van der Waals surface area contributed by atoms with Crippen LogP contribution in [0, 0.1) is 0 Å². The number of rotatable bonds is 1. The maximum Gasteiger partial charge on any atom is 0.290 e. The van der Waals surface area contributed by atoms with Gasteiger partial charge < -0.3 is 16.0 Å². The summed E-state index contributed by atoms with van der Waals surface area (Å²) in [7, 11) is 0. The van der Waals surface area contributed by atoms with E-state index in [1.807, 2.05) is 0 Å². The van der Waals surface area contributed by atoms with Gasteiger partial charge in [-0.3, -0.25) is 4.79 Å². The molecule has 0 aliphatic carbocycles. The molecule has 12 heavy (non-hydrogen) atoms. The molecule has 0 amide bonds. The summed E-state index contributed by atoms with van der Waals surface area (Å²) in [5, 5.41) is 19.9. The molecular formula is C5H7N3O3S. The molecule has 0 aliphatic heterocycles. The second-order valence-electron chi connectivity index (χ2n) is 1.46. The van der Waals surface area contributed by atoms with Crippen LogP contribution in [0.1, 0.15) is 5.69 Å². The maximum absolute atomic E-state index is 8.36. The maximum atomic E-state index is 8.36. The summed E-state index contributed by atoms with van der Waals surface area (Å²) < 4.78 is 0. The number of nitrogen functional groups attached to an aromatic ring is 1. The molecule has 1 rings (SSSR count). The highest BCUT2D eigenvalue weighted by Gasteiger charge is 1.92. The Labute approximate surface area is 72.0 Å². The summed E-state index contributed by atoms with van der Waals surface area (Å²) in [6, 6.07) is 0. The van der Waals surface area contributed by atoms with Crippen LogP contribution in [0.4, 0.5) is 5.13 Å². The van der Waals surface area contributed by atoms with Crippen molar-refractivity contribution < 1.29 is 15.1 Å². The Morgan fingerprint density at radius 3 is 2.67 bits per heavy atom. The zero-order valence-corrected chi connectivity index (χ0v) is 6.73. The van der Waals surface area contributed by atoms with Crippen molar-refractivity contribution in [2.45, 2.75) is 0 Å². The molecule has 0 unspecified atom stereocenters. The molecule has 1 aromatic heterocycles. The molecule has 0 aliphatic rings. The quantitative estimate of drug-likeness (QED) is 0.253. The van der Waals surface area contributed by atoms with Gasteiger partial charge in [-0.25, -0.2) is 4.98 Å². The van der Waals surface area contributed by atoms with Crippen LogP contribution in [0.5, 0.6) is 0 Å². The van der Waals surface area contributed by atoms with Crippen LogP contribution in [0.15, 0.2) is 10.5 Å². The SMILES string of the molecule is Nc1nc(/C=N/O)cs1.O=CO. The molecule has 0 radical (unpaired) electrons. The van der Waals surface area contributed by atoms with Gasteiger partial charge in [-0.05, 0) is 0 Å². The Balaban J connectivity index is 0.000000354. The first-order valence-corrected chi connectivity index (χ1v) is 3.58. The van der Waals surface area contributed by atoms with Gasteiger partial charge in [0, 0.05) is 5.38 Å². The summed E-state index contributed by atoms with van der Waals surface area (Å²) in [6.45, 7) is -0.250. The van der Waals surface area contributed by atoms with E-state index in [1.54, 1.807) is 5.38 Å². The molecule has 0 bridgehead atoms. The fraction of sp³-hybridized carbons (Fsp3) is 0. The predicted octanol–water partition coefficient (Wildman–Crippen LogP) is 0.234. The number of aromatic nitrogens is 1. The van der Waals surface area contributed by atoms with Crippen molar-refractivity contribution in [3.63, 3.8) is 0 Å². The number of oxime groups is 1. The molecule has 66 valence electrons. The minimum atomic E-state index is -0.250. The molecule has 0 spiro atoms. The van der Waals surface area contributed by atoms with Crippen LogP contribution in [-0.4, -0.2) is 28.0 Å². The number of carbonyl (C=O) groups is 1. The number of hydrogen-bond acceptors (Lipinski definition) is 6. The van der Waals surface area contributed by atoms with Crippen molar-refractivity contribution in [1.29, 1.82) is 0 Å². The molecule has 1 aromatic rings.